The van der Waals surface area contributed by atoms with Gasteiger partial charge in [0, 0.05) is 0 Å². The van der Waals surface area contributed by atoms with Gasteiger partial charge in [0.15, 0.2) is 20.0 Å². The normalized spacial score (nSPS) is 12.8. The molecule has 0 aliphatic heterocycles. The fourth-order valence-corrected chi connectivity index (χ4v) is 4.71. The van der Waals surface area contributed by atoms with E-state index in [2.05, 4.69) is 30.6 Å². The Hall–Kier alpha value is -1.61. The van der Waals surface area contributed by atoms with Crippen molar-refractivity contribution >= 4 is 26.2 Å². The lowest BCUT2D eigenvalue weighted by atomic mass is 10.1. The average Bonchev–Trinajstić information content (AvgIpc) is 3.21. The van der Waals surface area contributed by atoms with E-state index < -0.39 is 31.1 Å². The summed E-state index contributed by atoms with van der Waals surface area (Å²) in [5, 5.41) is 0. The van der Waals surface area contributed by atoms with Gasteiger partial charge in [-0.1, -0.05) is 77.7 Å². The van der Waals surface area contributed by atoms with Gasteiger partial charge in [-0.3, -0.25) is 0 Å². The first-order valence-electron chi connectivity index (χ1n) is 11.6. The number of unbranched alkanes of at least 4 members (excludes halogenated alkanes) is 11. The van der Waals surface area contributed by atoms with Gasteiger partial charge in [0.2, 0.25) is 6.33 Å². The highest BCUT2D eigenvalue weighted by Gasteiger charge is 2.46. The summed E-state index contributed by atoms with van der Waals surface area (Å²) in [6, 6.07) is 0. The Bertz CT molecular complexity index is 917. The van der Waals surface area contributed by atoms with Crippen molar-refractivity contribution in [3.8, 4) is 0 Å². The van der Waals surface area contributed by atoms with E-state index >= 15 is 0 Å². The van der Waals surface area contributed by atoms with Crippen LogP contribution in [0.2, 0.25) is 0 Å². The number of imidazole rings is 1. The van der Waals surface area contributed by atoms with Crippen LogP contribution in [0.15, 0.2) is 25.3 Å². The molecule has 0 radical (unpaired) electrons. The predicted octanol–water partition coefficient (Wildman–Crippen LogP) is 6.64. The second-order valence-corrected chi connectivity index (χ2v) is 11.5. The van der Waals surface area contributed by atoms with Crippen molar-refractivity contribution in [3.63, 3.8) is 0 Å². The van der Waals surface area contributed by atoms with E-state index in [9.17, 15) is 43.2 Å². The second-order valence-electron chi connectivity index (χ2n) is 8.09. The van der Waals surface area contributed by atoms with E-state index in [1.54, 1.807) is 0 Å². The van der Waals surface area contributed by atoms with Crippen molar-refractivity contribution in [1.29, 1.82) is 0 Å². The predicted molar refractivity (Wildman–Crippen MR) is 125 cm³/mol. The molecule has 0 N–H and O–H groups in total. The highest BCUT2D eigenvalue weighted by Crippen LogP contribution is 2.36. The van der Waals surface area contributed by atoms with E-state index in [1.807, 2.05) is 17.0 Å². The summed E-state index contributed by atoms with van der Waals surface area (Å²) in [7, 11) is -13.4. The SMILES string of the molecule is C=Cn1cc[n+](CCCCCCCCCCCCCC)c1.O=S(=O)([N-]S(=O)(=O)C(F)(F)F)C(F)(F)F. The number of sulfonamides is 2. The van der Waals surface area contributed by atoms with Crippen molar-refractivity contribution in [2.45, 2.75) is 102 Å². The number of halogens is 6. The minimum absolute atomic E-state index is 0.778. The molecular formula is C21H35F6N3O4S2. The lowest BCUT2D eigenvalue weighted by Gasteiger charge is -2.22. The van der Waals surface area contributed by atoms with Crippen LogP contribution in [0.3, 0.4) is 0 Å². The van der Waals surface area contributed by atoms with Crippen molar-refractivity contribution in [2.24, 2.45) is 0 Å². The fourth-order valence-electron chi connectivity index (χ4n) is 3.00. The van der Waals surface area contributed by atoms with Crippen LogP contribution in [-0.2, 0) is 26.6 Å². The Kier molecular flexibility index (Phi) is 15.5. The molecule has 212 valence electrons. The van der Waals surface area contributed by atoms with E-state index in [0.717, 1.165) is 10.7 Å². The Morgan fingerprint density at radius 2 is 1.17 bits per heavy atom. The average molecular weight is 572 g/mol. The van der Waals surface area contributed by atoms with Crippen LogP contribution in [0.5, 0.6) is 0 Å². The molecule has 0 saturated carbocycles. The van der Waals surface area contributed by atoms with Gasteiger partial charge in [0.1, 0.15) is 12.4 Å². The number of rotatable bonds is 16. The van der Waals surface area contributed by atoms with E-state index in [-0.39, 0.29) is 0 Å². The molecule has 1 heterocycles. The Morgan fingerprint density at radius 3 is 1.50 bits per heavy atom. The summed E-state index contributed by atoms with van der Waals surface area (Å²) in [4.78, 5) is 0. The summed E-state index contributed by atoms with van der Waals surface area (Å²) in [6.45, 7) is 7.18. The summed E-state index contributed by atoms with van der Waals surface area (Å²) < 4.78 is 113. The molecule has 0 saturated heterocycles. The summed E-state index contributed by atoms with van der Waals surface area (Å²) in [6.07, 6.45) is 25.1. The van der Waals surface area contributed by atoms with Gasteiger partial charge < -0.3 is 4.13 Å². The van der Waals surface area contributed by atoms with Gasteiger partial charge in [-0.05, 0) is 12.8 Å². The monoisotopic (exact) mass is 571 g/mol. The minimum atomic E-state index is -6.72. The van der Waals surface area contributed by atoms with E-state index in [4.69, 9.17) is 0 Å². The molecule has 15 heteroatoms. The number of hydrogen-bond donors (Lipinski definition) is 0. The van der Waals surface area contributed by atoms with Crippen LogP contribution < -0.4 is 4.57 Å². The van der Waals surface area contributed by atoms with Crippen molar-refractivity contribution in [3.05, 3.63) is 29.4 Å². The quantitative estimate of drug-likeness (QED) is 0.126. The van der Waals surface area contributed by atoms with E-state index in [0.29, 0.717) is 0 Å². The zero-order valence-electron chi connectivity index (χ0n) is 20.3. The van der Waals surface area contributed by atoms with Gasteiger partial charge in [-0.2, -0.15) is 26.3 Å². The molecule has 1 rings (SSSR count). The van der Waals surface area contributed by atoms with Crippen molar-refractivity contribution in [2.75, 3.05) is 0 Å². The molecular weight excluding hydrogens is 536 g/mol. The lowest BCUT2D eigenvalue weighted by Crippen LogP contribution is -2.30. The molecule has 0 spiro atoms. The summed E-state index contributed by atoms with van der Waals surface area (Å²) >= 11 is 0. The van der Waals surface area contributed by atoms with Crippen molar-refractivity contribution < 1.29 is 47.7 Å². The van der Waals surface area contributed by atoms with Crippen LogP contribution in [-0.4, -0.2) is 32.4 Å². The first-order valence-corrected chi connectivity index (χ1v) is 14.5. The number of nitrogens with zero attached hydrogens (tertiary/aromatic N) is 3. The topological polar surface area (TPSA) is 91.2 Å². The lowest BCUT2D eigenvalue weighted by molar-refractivity contribution is -0.696. The Balaban J connectivity index is 0.000000723. The molecule has 0 amide bonds. The third kappa shape index (κ3) is 14.2. The first-order chi connectivity index (χ1) is 16.6. The van der Waals surface area contributed by atoms with Crippen LogP contribution in [0.25, 0.3) is 10.3 Å². The maximum Gasteiger partial charge on any atom is 0.480 e. The highest BCUT2D eigenvalue weighted by atomic mass is 32.3. The molecule has 0 aliphatic rings. The molecule has 1 aromatic rings. The zero-order chi connectivity index (χ0) is 27.9. The Labute approximate surface area is 209 Å². The number of aromatic nitrogens is 2. The van der Waals surface area contributed by atoms with Gasteiger partial charge in [-0.15, -0.1) is 0 Å². The standard InChI is InChI=1S/C19H35N2.C2F6NO4S2/c1-3-5-6-7-8-9-10-11-12-13-14-15-16-21-18-17-20(4-2)19-21;3-1(4,5)14(10,11)9-15(12,13)2(6,7)8/h4,17-19H,2-3,5-16H2,1H3;/q+1;-1. The van der Waals surface area contributed by atoms with Crippen molar-refractivity contribution in [1.82, 2.24) is 4.57 Å². The molecule has 0 aromatic carbocycles. The van der Waals surface area contributed by atoms with Crippen LogP contribution >= 0.6 is 0 Å². The van der Waals surface area contributed by atoms with Crippen LogP contribution in [0, 0.1) is 0 Å². The highest BCUT2D eigenvalue weighted by molar-refractivity contribution is 8.13. The van der Waals surface area contributed by atoms with Crippen LogP contribution in [0.1, 0.15) is 84.0 Å². The zero-order valence-corrected chi connectivity index (χ0v) is 21.9. The van der Waals surface area contributed by atoms with Gasteiger partial charge >= 0.3 is 11.0 Å². The summed E-state index contributed by atoms with van der Waals surface area (Å²) in [5.74, 6) is 0. The van der Waals surface area contributed by atoms with Gasteiger partial charge in [0.05, 0.1) is 12.7 Å². The maximum absolute atomic E-state index is 11.4. The van der Waals surface area contributed by atoms with Gasteiger partial charge in [0.25, 0.3) is 0 Å². The first kappa shape index (κ1) is 34.4. The molecule has 0 fully saturated rings. The minimum Gasteiger partial charge on any atom is -0.421 e. The number of hydrogen-bond acceptors (Lipinski definition) is 4. The molecule has 0 unspecified atom stereocenters. The third-order valence-electron chi connectivity index (χ3n) is 4.97. The van der Waals surface area contributed by atoms with Gasteiger partial charge in [-0.25, -0.2) is 26.0 Å². The summed E-state index contributed by atoms with van der Waals surface area (Å²) in [5.41, 5.74) is -12.4. The van der Waals surface area contributed by atoms with Crippen LogP contribution in [0.4, 0.5) is 26.3 Å². The molecule has 7 nitrogen and oxygen atoms in total. The molecule has 36 heavy (non-hydrogen) atoms. The number of aryl methyl sites for hydroxylation is 1. The smallest absolute Gasteiger partial charge is 0.421 e. The molecule has 0 bridgehead atoms. The third-order valence-corrected chi connectivity index (χ3v) is 7.71. The largest absolute Gasteiger partial charge is 0.480 e. The molecule has 0 aliphatic carbocycles. The maximum atomic E-state index is 11.4. The fraction of sp³-hybridized carbons (Fsp3) is 0.762. The Morgan fingerprint density at radius 1 is 0.778 bits per heavy atom. The molecule has 1 aromatic heterocycles. The second kappa shape index (κ2) is 16.3. The van der Waals surface area contributed by atoms with E-state index in [1.165, 1.54) is 77.0 Å². The number of alkyl halides is 6. The molecule has 0 atom stereocenters.